The third-order valence-electron chi connectivity index (χ3n) is 21.3. The Bertz CT molecular complexity index is 2220. The summed E-state index contributed by atoms with van der Waals surface area (Å²) >= 11 is 0. The Labute approximate surface area is 486 Å². The van der Waals surface area contributed by atoms with E-state index in [-0.39, 0.29) is 66.5 Å². The molecule has 17 N–H and O–H groups in total. The molecule has 0 unspecified atom stereocenters. The molecule has 484 valence electrons. The summed E-state index contributed by atoms with van der Waals surface area (Å²) in [6, 6.07) is 0. The Morgan fingerprint density at radius 1 is 0.607 bits per heavy atom. The van der Waals surface area contributed by atoms with E-state index in [1.807, 2.05) is 13.8 Å². The summed E-state index contributed by atoms with van der Waals surface area (Å²) in [6.07, 6.45) is -33.4. The summed E-state index contributed by atoms with van der Waals surface area (Å²) < 4.78 is 66.0. The second-order valence-corrected chi connectivity index (χ2v) is 26.3. The molecule has 0 radical (unpaired) electrons. The van der Waals surface area contributed by atoms with E-state index < -0.39 is 197 Å². The van der Waals surface area contributed by atoms with Crippen LogP contribution in [0.1, 0.15) is 86.0 Å². The number of allylic oxidation sites excluding steroid dienone is 1. The van der Waals surface area contributed by atoms with Crippen LogP contribution in [0.2, 0.25) is 0 Å². The maximum atomic E-state index is 12.4. The van der Waals surface area contributed by atoms with Gasteiger partial charge in [0.2, 0.25) is 0 Å². The van der Waals surface area contributed by atoms with Gasteiger partial charge in [0.05, 0.1) is 57.5 Å². The number of aliphatic hydroxyl groups is 17. The van der Waals surface area contributed by atoms with E-state index in [1.54, 1.807) is 0 Å². The molecule has 6 aliphatic heterocycles. The smallest absolute Gasteiger partial charge is 0.187 e. The van der Waals surface area contributed by atoms with E-state index in [9.17, 15) is 86.8 Å². The number of hydrogen-bond donors (Lipinski definition) is 17. The van der Waals surface area contributed by atoms with Gasteiger partial charge in [-0.2, -0.15) is 0 Å². The minimum atomic E-state index is -1.82. The van der Waals surface area contributed by atoms with E-state index >= 15 is 0 Å². The van der Waals surface area contributed by atoms with Gasteiger partial charge < -0.3 is 139 Å². The fraction of sp³-hybridized carbons (Fsp3) is 0.964. The summed E-state index contributed by atoms with van der Waals surface area (Å²) in [7, 11) is 0. The third kappa shape index (κ3) is 11.7. The molecule has 10 rings (SSSR count). The molecule has 4 aliphatic carbocycles. The molecule has 0 aromatic rings. The van der Waals surface area contributed by atoms with Gasteiger partial charge >= 0.3 is 0 Å². The lowest BCUT2D eigenvalue weighted by Crippen LogP contribution is -2.66. The second kappa shape index (κ2) is 25.7. The van der Waals surface area contributed by atoms with Crippen LogP contribution in [0.5, 0.6) is 0 Å². The van der Waals surface area contributed by atoms with Gasteiger partial charge in [0.1, 0.15) is 110 Å². The zero-order chi connectivity index (χ0) is 60.8. The Balaban J connectivity index is 0.778. The molecule has 10 aliphatic rings. The van der Waals surface area contributed by atoms with Crippen molar-refractivity contribution >= 4 is 0 Å². The topological polar surface area (TPSA) is 445 Å². The zero-order valence-electron chi connectivity index (χ0n) is 47.9. The van der Waals surface area contributed by atoms with Gasteiger partial charge in [-0.25, -0.2) is 0 Å². The molecule has 84 heavy (non-hydrogen) atoms. The highest BCUT2D eigenvalue weighted by atomic mass is 16.8. The fourth-order valence-electron chi connectivity index (χ4n) is 16.2. The van der Waals surface area contributed by atoms with Crippen LogP contribution < -0.4 is 0 Å². The fourth-order valence-corrected chi connectivity index (χ4v) is 16.2. The van der Waals surface area contributed by atoms with Gasteiger partial charge in [-0.05, 0) is 80.5 Å². The first-order chi connectivity index (χ1) is 39.7. The average Bonchev–Trinajstić information content (AvgIpc) is 1.57. The molecule has 36 atom stereocenters. The van der Waals surface area contributed by atoms with E-state index in [0.717, 1.165) is 18.4 Å². The normalized spacial score (nSPS) is 55.3. The van der Waals surface area contributed by atoms with Crippen LogP contribution >= 0.6 is 0 Å². The molecule has 0 spiro atoms. The van der Waals surface area contributed by atoms with E-state index in [0.29, 0.717) is 25.7 Å². The van der Waals surface area contributed by atoms with Gasteiger partial charge in [-0.1, -0.05) is 39.3 Å². The predicted octanol–water partition coefficient (Wildman–Crippen LogP) is -5.57. The van der Waals surface area contributed by atoms with Crippen LogP contribution in [-0.4, -0.2) is 291 Å². The maximum absolute atomic E-state index is 12.4. The second-order valence-electron chi connectivity index (χ2n) is 26.3. The first kappa shape index (κ1) is 65.6. The number of fused-ring (bicyclic) bond motifs is 7. The number of aliphatic hydroxyl groups excluding tert-OH is 16. The van der Waals surface area contributed by atoms with E-state index in [4.69, 9.17) is 52.1 Å². The molecule has 0 bridgehead atoms. The van der Waals surface area contributed by atoms with Crippen molar-refractivity contribution in [2.24, 2.45) is 46.3 Å². The molecule has 28 heteroatoms. The van der Waals surface area contributed by atoms with Crippen molar-refractivity contribution in [3.05, 3.63) is 11.6 Å². The molecular weight excluding hydrogens is 1120 g/mol. The van der Waals surface area contributed by atoms with Crippen LogP contribution in [-0.2, 0) is 52.1 Å². The Morgan fingerprint density at radius 3 is 1.86 bits per heavy atom. The first-order valence-corrected chi connectivity index (χ1v) is 29.9. The van der Waals surface area contributed by atoms with Crippen molar-refractivity contribution in [1.82, 2.24) is 0 Å². The van der Waals surface area contributed by atoms with Crippen molar-refractivity contribution < 1.29 is 139 Å². The summed E-state index contributed by atoms with van der Waals surface area (Å²) in [4.78, 5) is 0. The molecule has 0 aromatic carbocycles. The average molecular weight is 1210 g/mol. The largest absolute Gasteiger partial charge is 0.394 e. The van der Waals surface area contributed by atoms with E-state index in [2.05, 4.69) is 19.9 Å². The highest BCUT2D eigenvalue weighted by Crippen LogP contribution is 2.70. The SMILES string of the molecule is C[C@H](CC[C@@]1(O)O[C@H]2C[C@H]3[C@@H]4CC=C5C[C@@H](O[C@@H]6O[C@H](CO)[C@@H](O[C@@H]7OC[C@@H](O)[C@H](O)[C@H]7O)[C@H](O)[C@H]6O[C@@H]6O[C@@H](C)[C@H](O)[C@@H](O)[C@H]6O)C[C@@H](O)[C@]5(C)[C@H]4CC[C@]3(C)[C@H]2[C@@H]1C)CO[C@@H]1O[C@H](CO)[C@@H](O)[C@H](O)[C@H]1O[C@@H]1O[C@H](CO)[C@@H](O)[C@H](O)[C@H]1O. The Hall–Kier alpha value is -1.38. The van der Waals surface area contributed by atoms with Crippen LogP contribution in [0.3, 0.4) is 0 Å². The lowest BCUT2D eigenvalue weighted by molar-refractivity contribution is -0.386. The monoisotopic (exact) mass is 1210 g/mol. The van der Waals surface area contributed by atoms with Crippen LogP contribution in [0.4, 0.5) is 0 Å². The van der Waals surface area contributed by atoms with Crippen molar-refractivity contribution in [1.29, 1.82) is 0 Å². The summed E-state index contributed by atoms with van der Waals surface area (Å²) in [6.45, 7) is 7.14. The minimum absolute atomic E-state index is 0.0108. The number of hydrogen-bond acceptors (Lipinski definition) is 28. The molecule has 6 heterocycles. The zero-order valence-corrected chi connectivity index (χ0v) is 47.9. The van der Waals surface area contributed by atoms with E-state index in [1.165, 1.54) is 6.92 Å². The molecule has 28 nitrogen and oxygen atoms in total. The van der Waals surface area contributed by atoms with Gasteiger partial charge in [0.25, 0.3) is 0 Å². The lowest BCUT2D eigenvalue weighted by Gasteiger charge is -2.60. The van der Waals surface area contributed by atoms with Crippen LogP contribution in [0, 0.1) is 46.3 Å². The van der Waals surface area contributed by atoms with Crippen molar-refractivity contribution in [3.63, 3.8) is 0 Å². The number of ether oxygens (including phenoxy) is 11. The highest BCUT2D eigenvalue weighted by Gasteiger charge is 2.69. The van der Waals surface area contributed by atoms with Crippen molar-refractivity contribution in [2.75, 3.05) is 33.0 Å². The lowest BCUT2D eigenvalue weighted by atomic mass is 9.46. The predicted molar refractivity (Wildman–Crippen MR) is 278 cm³/mol. The summed E-state index contributed by atoms with van der Waals surface area (Å²) in [5.41, 5.74) is 0.0963. The maximum Gasteiger partial charge on any atom is 0.187 e. The molecule has 0 amide bonds. The van der Waals surface area contributed by atoms with Crippen LogP contribution in [0.15, 0.2) is 11.6 Å². The summed E-state index contributed by atoms with van der Waals surface area (Å²) in [5.74, 6) is -1.56. The molecule has 9 fully saturated rings. The van der Waals surface area contributed by atoms with Gasteiger partial charge in [-0.15, -0.1) is 0 Å². The Kier molecular flexibility index (Phi) is 20.1. The third-order valence-corrected chi connectivity index (χ3v) is 21.3. The highest BCUT2D eigenvalue weighted by molar-refractivity contribution is 5.28. The van der Waals surface area contributed by atoms with Crippen molar-refractivity contribution in [3.8, 4) is 0 Å². The molecular formula is C56H92O28. The first-order valence-electron chi connectivity index (χ1n) is 29.9. The quantitative estimate of drug-likeness (QED) is 0.0604. The van der Waals surface area contributed by atoms with Crippen LogP contribution in [0.25, 0.3) is 0 Å². The molecule has 6 saturated heterocycles. The van der Waals surface area contributed by atoms with Gasteiger partial charge in [0.15, 0.2) is 37.2 Å². The minimum Gasteiger partial charge on any atom is -0.394 e. The Morgan fingerprint density at radius 2 is 1.19 bits per heavy atom. The van der Waals surface area contributed by atoms with Crippen molar-refractivity contribution in [2.45, 2.75) is 258 Å². The number of rotatable bonds is 17. The summed E-state index contributed by atoms with van der Waals surface area (Å²) in [5, 5.41) is 183. The molecule has 3 saturated carbocycles. The molecule has 0 aromatic heterocycles. The standard InChI is InChI=1S/C56H92O28/c1-20(18-74-52-47(41(68)38(65)31(16-58)79-52)82-51-44(71)40(67)37(64)30(15-57)78-51)8-11-56(73)21(2)34-29(84-56)14-27-25-7-6-23-12-24(13-33(61)55(23,5)26(25)9-10-54(27,34)4)77-53-48(83-50-43(70)39(66)35(62)22(3)76-50)45(72)46(32(17-59)80-53)81-49-42(69)36(63)28(60)19-75-49/h6,20-22,24-53,57-73H,7-19H2,1-5H3/t20-,21+,22+,24-,25-,26+,27+,28-,29+,30-,31-,32-,33-,34+,35+,36+,37-,38-,39-,40+,41+,42-,43-,44-,45+,46-,47-,48-,49+,50+,51+,52-,53-,54+,55+,56-/m1/s1. The van der Waals surface area contributed by atoms with Gasteiger partial charge in [-0.3, -0.25) is 0 Å². The van der Waals surface area contributed by atoms with Gasteiger partial charge in [0, 0.05) is 24.2 Å².